The largest absolute Gasteiger partial charge is 0.302 e. The van der Waals surface area contributed by atoms with Crippen LogP contribution in [0, 0.1) is 6.92 Å². The number of hydrogen-bond acceptors (Lipinski definition) is 5. The summed E-state index contributed by atoms with van der Waals surface area (Å²) < 4.78 is 28.6. The van der Waals surface area contributed by atoms with Crippen molar-refractivity contribution in [3.63, 3.8) is 0 Å². The topological polar surface area (TPSA) is 120 Å². The van der Waals surface area contributed by atoms with E-state index in [1.165, 1.54) is 25.2 Å². The number of anilines is 1. The van der Waals surface area contributed by atoms with Crippen LogP contribution < -0.4 is 4.72 Å². The van der Waals surface area contributed by atoms with E-state index in [2.05, 4.69) is 25.1 Å². The highest BCUT2D eigenvalue weighted by molar-refractivity contribution is 7.90. The molecule has 3 heterocycles. The van der Waals surface area contributed by atoms with Crippen LogP contribution in [0.4, 0.5) is 5.82 Å². The van der Waals surface area contributed by atoms with Gasteiger partial charge < -0.3 is 0 Å². The molecule has 0 atom stereocenters. The molecule has 0 saturated carbocycles. The van der Waals surface area contributed by atoms with Crippen LogP contribution >= 0.6 is 0 Å². The summed E-state index contributed by atoms with van der Waals surface area (Å²) in [6.07, 6.45) is 5.87. The van der Waals surface area contributed by atoms with Gasteiger partial charge in [-0.2, -0.15) is 22.9 Å². The van der Waals surface area contributed by atoms with Gasteiger partial charge in [0.25, 0.3) is 0 Å². The summed E-state index contributed by atoms with van der Waals surface area (Å²) in [4.78, 5) is 5.00. The Balaban J connectivity index is 1.83. The third-order valence-corrected chi connectivity index (χ3v) is 7.20. The van der Waals surface area contributed by atoms with E-state index < -0.39 is 10.2 Å². The van der Waals surface area contributed by atoms with Crippen LogP contribution in [-0.2, 0) is 23.1 Å². The predicted octanol–water partition coefficient (Wildman–Crippen LogP) is 2.91. The lowest BCUT2D eigenvalue weighted by Crippen LogP contribution is -2.29. The Labute approximate surface area is 174 Å². The van der Waals surface area contributed by atoms with Crippen LogP contribution in [0.25, 0.3) is 33.1 Å². The van der Waals surface area contributed by atoms with Crippen molar-refractivity contribution < 1.29 is 8.42 Å². The number of aromatic amines is 2. The summed E-state index contributed by atoms with van der Waals surface area (Å²) in [7, 11) is -0.715. The van der Waals surface area contributed by atoms with Crippen molar-refractivity contribution >= 4 is 37.8 Å². The third kappa shape index (κ3) is 2.86. The van der Waals surface area contributed by atoms with Crippen molar-refractivity contribution in [2.24, 2.45) is 0 Å². The number of pyridine rings is 1. The molecule has 1 aromatic carbocycles. The van der Waals surface area contributed by atoms with Gasteiger partial charge in [0.2, 0.25) is 0 Å². The molecule has 10 heteroatoms. The number of benzene rings is 1. The Bertz CT molecular complexity index is 1390. The number of H-pyrrole nitrogens is 2. The summed E-state index contributed by atoms with van der Waals surface area (Å²) in [5.41, 5.74) is 7.00. The lowest BCUT2D eigenvalue weighted by molar-refractivity contribution is 0.526. The molecular weight excluding hydrogens is 402 g/mol. The average molecular weight is 426 g/mol. The molecule has 1 aliphatic rings. The Morgan fingerprint density at radius 2 is 1.83 bits per heavy atom. The number of nitrogens with one attached hydrogen (secondary N) is 3. The van der Waals surface area contributed by atoms with E-state index in [0.29, 0.717) is 5.82 Å². The van der Waals surface area contributed by atoms with Crippen LogP contribution in [0.1, 0.15) is 29.7 Å². The fourth-order valence-corrected chi connectivity index (χ4v) is 4.81. The molecule has 0 spiro atoms. The quantitative estimate of drug-likeness (QED) is 0.464. The Hall–Kier alpha value is -2.98. The minimum absolute atomic E-state index is 0.297. The summed E-state index contributed by atoms with van der Waals surface area (Å²) >= 11 is 0. The van der Waals surface area contributed by atoms with Crippen molar-refractivity contribution in [3.8, 4) is 11.3 Å². The van der Waals surface area contributed by atoms with Gasteiger partial charge in [-0.05, 0) is 55.9 Å². The molecule has 0 amide bonds. The van der Waals surface area contributed by atoms with Crippen molar-refractivity contribution in [2.45, 2.75) is 32.6 Å². The molecule has 156 valence electrons. The maximum absolute atomic E-state index is 12.4. The predicted molar refractivity (Wildman–Crippen MR) is 117 cm³/mol. The SMILES string of the molecule is Cc1[nH]ncc1-c1nc2ccc3[nH]nc(NS(=O)(=O)N(C)C)c3c2c2c1CCCC2. The number of aryl methyl sites for hydroxylation is 2. The number of hydrogen-bond donors (Lipinski definition) is 3. The van der Waals surface area contributed by atoms with Gasteiger partial charge in [-0.3, -0.25) is 14.9 Å². The fraction of sp³-hybridized carbons (Fsp3) is 0.350. The molecule has 1 aliphatic carbocycles. The molecule has 0 aliphatic heterocycles. The van der Waals surface area contributed by atoms with Crippen molar-refractivity contribution in [3.05, 3.63) is 35.2 Å². The Morgan fingerprint density at radius 3 is 2.53 bits per heavy atom. The second kappa shape index (κ2) is 6.78. The van der Waals surface area contributed by atoms with Gasteiger partial charge in [-0.15, -0.1) is 0 Å². The second-order valence-corrected chi connectivity index (χ2v) is 9.76. The monoisotopic (exact) mass is 425 g/mol. The van der Waals surface area contributed by atoms with Gasteiger partial charge in [-0.25, -0.2) is 4.98 Å². The first-order valence-electron chi connectivity index (χ1n) is 9.90. The standard InChI is InChI=1S/C20H23N7O2S/c1-11-14(10-21-23-11)19-13-7-5-4-6-12(13)17-15(22-19)8-9-16-18(17)20(25-24-16)26-30(28,29)27(2)3/h8-10H,4-7H2,1-3H3,(H,21,23)(H2,24,25,26). The van der Waals surface area contributed by atoms with Crippen LogP contribution in [0.15, 0.2) is 18.3 Å². The van der Waals surface area contributed by atoms with Gasteiger partial charge in [-0.1, -0.05) is 0 Å². The molecule has 30 heavy (non-hydrogen) atoms. The van der Waals surface area contributed by atoms with E-state index in [1.807, 2.05) is 25.3 Å². The van der Waals surface area contributed by atoms with Gasteiger partial charge in [0.1, 0.15) is 0 Å². The zero-order chi connectivity index (χ0) is 21.0. The minimum Gasteiger partial charge on any atom is -0.282 e. The first-order valence-corrected chi connectivity index (χ1v) is 11.3. The smallest absolute Gasteiger partial charge is 0.282 e. The van der Waals surface area contributed by atoms with Gasteiger partial charge in [0.05, 0.1) is 28.3 Å². The van der Waals surface area contributed by atoms with E-state index in [0.717, 1.165) is 68.7 Å². The first-order chi connectivity index (χ1) is 14.4. The normalized spacial score (nSPS) is 14.5. The lowest BCUT2D eigenvalue weighted by atomic mass is 9.85. The van der Waals surface area contributed by atoms with Crippen LogP contribution in [0.3, 0.4) is 0 Å². The molecule has 0 unspecified atom stereocenters. The number of rotatable bonds is 4. The van der Waals surface area contributed by atoms with Gasteiger partial charge >= 0.3 is 10.2 Å². The van der Waals surface area contributed by atoms with Crippen LogP contribution in [0.2, 0.25) is 0 Å². The highest BCUT2D eigenvalue weighted by Gasteiger charge is 2.25. The van der Waals surface area contributed by atoms with E-state index >= 15 is 0 Å². The maximum atomic E-state index is 12.4. The third-order valence-electron chi connectivity index (χ3n) is 5.79. The Kier molecular flexibility index (Phi) is 4.30. The molecule has 9 nitrogen and oxygen atoms in total. The fourth-order valence-electron chi connectivity index (χ4n) is 4.23. The maximum Gasteiger partial charge on any atom is 0.302 e. The van der Waals surface area contributed by atoms with Crippen molar-refractivity contribution in [2.75, 3.05) is 18.8 Å². The van der Waals surface area contributed by atoms with Crippen LogP contribution in [-0.4, -0.2) is 52.2 Å². The molecule has 3 N–H and O–H groups in total. The zero-order valence-corrected chi connectivity index (χ0v) is 17.9. The molecule has 0 bridgehead atoms. The number of aromatic nitrogens is 5. The molecule has 5 rings (SSSR count). The van der Waals surface area contributed by atoms with E-state index in [4.69, 9.17) is 4.98 Å². The summed E-state index contributed by atoms with van der Waals surface area (Å²) in [6.45, 7) is 2.00. The summed E-state index contributed by atoms with van der Waals surface area (Å²) in [5, 5.41) is 16.1. The Morgan fingerprint density at radius 1 is 1.07 bits per heavy atom. The highest BCUT2D eigenvalue weighted by atomic mass is 32.2. The minimum atomic E-state index is -3.68. The van der Waals surface area contributed by atoms with Gasteiger partial charge in [0, 0.05) is 30.7 Å². The van der Waals surface area contributed by atoms with Crippen molar-refractivity contribution in [1.82, 2.24) is 29.7 Å². The van der Waals surface area contributed by atoms with Crippen molar-refractivity contribution in [1.29, 1.82) is 0 Å². The molecule has 0 saturated heterocycles. The lowest BCUT2D eigenvalue weighted by Gasteiger charge is -2.22. The van der Waals surface area contributed by atoms with Crippen LogP contribution in [0.5, 0.6) is 0 Å². The summed E-state index contributed by atoms with van der Waals surface area (Å²) in [5.74, 6) is 0.297. The first kappa shape index (κ1) is 19.0. The molecule has 3 aromatic heterocycles. The average Bonchev–Trinajstić information content (AvgIpc) is 3.33. The van der Waals surface area contributed by atoms with E-state index in [1.54, 1.807) is 0 Å². The number of nitrogens with zero attached hydrogens (tertiary/aromatic N) is 4. The van der Waals surface area contributed by atoms with E-state index in [-0.39, 0.29) is 0 Å². The molecule has 0 radical (unpaired) electrons. The number of fused-ring (bicyclic) bond motifs is 5. The van der Waals surface area contributed by atoms with E-state index in [9.17, 15) is 8.42 Å². The highest BCUT2D eigenvalue weighted by Crippen LogP contribution is 2.40. The second-order valence-electron chi connectivity index (χ2n) is 7.88. The summed E-state index contributed by atoms with van der Waals surface area (Å²) in [6, 6.07) is 3.86. The molecular formula is C20H23N7O2S. The molecule has 0 fully saturated rings. The van der Waals surface area contributed by atoms with Gasteiger partial charge in [0.15, 0.2) is 5.82 Å². The molecule has 4 aromatic rings. The zero-order valence-electron chi connectivity index (χ0n) is 17.1.